The average Bonchev–Trinajstić information content (AvgIpc) is 3.21. The van der Waals surface area contributed by atoms with Gasteiger partial charge in [0.2, 0.25) is 0 Å². The van der Waals surface area contributed by atoms with E-state index in [4.69, 9.17) is 30.0 Å². The Labute approximate surface area is 419 Å². The summed E-state index contributed by atoms with van der Waals surface area (Å²) in [5.41, 5.74) is 7.05. The van der Waals surface area contributed by atoms with Gasteiger partial charge >= 0.3 is 71.1 Å². The average molecular weight is 903 g/mol. The molecule has 62 heavy (non-hydrogen) atoms. The van der Waals surface area contributed by atoms with Crippen molar-refractivity contribution in [3.05, 3.63) is 102 Å². The molecule has 3 aromatic rings. The first kappa shape index (κ1) is 63.3. The van der Waals surface area contributed by atoms with E-state index in [0.717, 1.165) is 43.5 Å². The maximum absolute atomic E-state index is 12.6. The van der Waals surface area contributed by atoms with Crippen LogP contribution in [-0.2, 0) is 28.7 Å². The van der Waals surface area contributed by atoms with E-state index in [-0.39, 0.29) is 103 Å². The smallest absolute Gasteiger partial charge is 1.00 e. The van der Waals surface area contributed by atoms with E-state index < -0.39 is 23.3 Å². The molecule has 0 aliphatic heterocycles. The number of benzene rings is 3. The van der Waals surface area contributed by atoms with Gasteiger partial charge in [-0.25, -0.2) is 4.79 Å². The van der Waals surface area contributed by atoms with Gasteiger partial charge in [0.15, 0.2) is 11.6 Å². The molecule has 17 heteroatoms. The van der Waals surface area contributed by atoms with Crippen molar-refractivity contribution in [2.75, 3.05) is 33.3 Å². The maximum atomic E-state index is 12.6. The molecule has 2 atom stereocenters. The van der Waals surface area contributed by atoms with Gasteiger partial charge in [0, 0.05) is 17.3 Å². The van der Waals surface area contributed by atoms with Crippen molar-refractivity contribution < 1.29 is 109 Å². The van der Waals surface area contributed by atoms with E-state index in [1.165, 1.54) is 0 Å². The molecule has 0 spiro atoms. The number of carbonyl (C=O) groups is 5. The second-order valence-corrected chi connectivity index (χ2v) is 15.4. The Morgan fingerprint density at radius 1 is 0.710 bits per heavy atom. The Morgan fingerprint density at radius 3 is 1.53 bits per heavy atom. The first-order valence-electron chi connectivity index (χ1n) is 19.7. The molecule has 0 radical (unpaired) electrons. The standard InChI is InChI=1S/C26H34N2O4.C18H28N2O3.CH2O3.ClH.2Na.H/c1-26(2,3)32-25(30)23(28-18-20-13-15-22(31-4)16-14-20)12-8-9-17-27-19-24(29)21-10-6-5-7-11-21;1-18(2,3)23-17(22)15(19)11-7-8-12-20-13-16(21)14-9-5-4-6-10-14;2-1-4-3;;;;/h5-7,10-11,13-16,18,23,27H,8-9,12,17,19H2,1-4H3;4-6,9-10,15,20H,7-8,11-13,19H2,1-3H3;1,3H;1H;;;/q;;;;2*+1;-1/p-1/t23-;15-;;;;;/m00...../s1. The number of ether oxygens (including phenoxy) is 3. The van der Waals surface area contributed by atoms with Gasteiger partial charge in [0.25, 0.3) is 6.47 Å². The first-order chi connectivity index (χ1) is 28.0. The summed E-state index contributed by atoms with van der Waals surface area (Å²) >= 11 is 0. The number of Topliss-reactive ketones (excluding diaryl/α,β-unsaturated/α-hetero) is 2. The molecule has 0 amide bonds. The van der Waals surface area contributed by atoms with Crippen molar-refractivity contribution >= 4 is 48.6 Å². The molecule has 3 aromatic carbocycles. The summed E-state index contributed by atoms with van der Waals surface area (Å²) in [5.74, 6) is 0.237. The van der Waals surface area contributed by atoms with E-state index in [0.29, 0.717) is 43.6 Å². The van der Waals surface area contributed by atoms with Crippen LogP contribution in [0.1, 0.15) is 108 Å². The van der Waals surface area contributed by atoms with E-state index in [9.17, 15) is 19.2 Å². The number of esters is 2. The van der Waals surface area contributed by atoms with Crippen molar-refractivity contribution in [3.63, 3.8) is 0 Å². The van der Waals surface area contributed by atoms with Crippen LogP contribution in [0.4, 0.5) is 0 Å². The summed E-state index contributed by atoms with van der Waals surface area (Å²) in [7, 11) is 1.62. The molecular weight excluding hydrogens is 838 g/mol. The fraction of sp³-hybridized carbons (Fsp3) is 0.467. The van der Waals surface area contributed by atoms with Gasteiger partial charge in [-0.15, -0.1) is 12.4 Å². The third kappa shape index (κ3) is 31.8. The minimum Gasteiger partial charge on any atom is -1.00 e. The van der Waals surface area contributed by atoms with Crippen LogP contribution >= 0.6 is 12.4 Å². The van der Waals surface area contributed by atoms with Gasteiger partial charge in [0.1, 0.15) is 29.0 Å². The monoisotopic (exact) mass is 902 g/mol. The molecule has 0 saturated carbocycles. The van der Waals surface area contributed by atoms with Crippen LogP contribution in [0, 0.1) is 0 Å². The Kier molecular flexibility index (Phi) is 37.1. The quantitative estimate of drug-likeness (QED) is 0.0174. The van der Waals surface area contributed by atoms with E-state index >= 15 is 0 Å². The topological polar surface area (TPSA) is 208 Å². The number of carbonyl (C=O) groups excluding carboxylic acids is 5. The number of nitrogens with zero attached hydrogens (tertiary/aromatic N) is 1. The summed E-state index contributed by atoms with van der Waals surface area (Å²) in [6.45, 7) is 12.9. The van der Waals surface area contributed by atoms with Gasteiger partial charge in [-0.1, -0.05) is 67.1 Å². The molecule has 0 aromatic heterocycles. The number of unbranched alkanes of at least 4 members (excludes halogenated alkanes) is 2. The van der Waals surface area contributed by atoms with Crippen molar-refractivity contribution in [2.45, 2.75) is 103 Å². The molecule has 4 N–H and O–H groups in total. The van der Waals surface area contributed by atoms with E-state index in [2.05, 4.69) is 20.5 Å². The number of nitrogens with one attached hydrogen (secondary N) is 2. The van der Waals surface area contributed by atoms with Gasteiger partial charge in [-0.05, 0) is 117 Å². The number of methoxy groups -OCH3 is 1. The summed E-state index contributed by atoms with van der Waals surface area (Å²) < 4.78 is 16.0. The van der Waals surface area contributed by atoms with Crippen molar-refractivity contribution in [2.24, 2.45) is 10.7 Å². The Balaban J connectivity index is -0.000000499. The van der Waals surface area contributed by atoms with Crippen LogP contribution in [0.3, 0.4) is 0 Å². The van der Waals surface area contributed by atoms with E-state index in [1.807, 2.05) is 126 Å². The third-order valence-corrected chi connectivity index (χ3v) is 7.91. The number of rotatable bonds is 22. The van der Waals surface area contributed by atoms with Crippen molar-refractivity contribution in [3.8, 4) is 5.75 Å². The molecule has 0 bridgehead atoms. The van der Waals surface area contributed by atoms with Crippen molar-refractivity contribution in [1.82, 2.24) is 10.6 Å². The van der Waals surface area contributed by atoms with Gasteiger partial charge in [0.05, 0.1) is 20.2 Å². The molecule has 0 saturated heterocycles. The number of hydrogen-bond donors (Lipinski definition) is 3. The van der Waals surface area contributed by atoms with Crippen LogP contribution in [-0.4, -0.2) is 92.8 Å². The zero-order chi connectivity index (χ0) is 44.1. The molecular formula is C45H65ClN4Na2O10. The molecule has 14 nitrogen and oxygen atoms in total. The Hall–Kier alpha value is -2.99. The summed E-state index contributed by atoms with van der Waals surface area (Å²) in [6.07, 6.45) is 6.16. The Bertz CT molecular complexity index is 1700. The predicted octanol–water partition coefficient (Wildman–Crippen LogP) is -0.258. The second-order valence-electron chi connectivity index (χ2n) is 15.4. The number of ketones is 2. The normalized spacial score (nSPS) is 11.5. The van der Waals surface area contributed by atoms with Crippen LogP contribution in [0.15, 0.2) is 89.9 Å². The molecule has 0 aliphatic carbocycles. The van der Waals surface area contributed by atoms with Gasteiger partial charge in [-0.2, -0.15) is 0 Å². The maximum Gasteiger partial charge on any atom is 1.00 e. The SMILES string of the molecule is CC(C)(C)OC(=O)[C@@H](N)CCCCNCC(=O)c1ccccc1.COc1ccc(C=N[C@@H](CCCCNCC(=O)c2ccccc2)C(=O)OC(C)(C)C)cc1.Cl.O=CO[O-].[H-].[Na+].[Na+]. The summed E-state index contributed by atoms with van der Waals surface area (Å²) in [6, 6.07) is 24.8. The molecule has 0 aliphatic rings. The van der Waals surface area contributed by atoms with E-state index in [1.54, 1.807) is 13.3 Å². The zero-order valence-corrected chi connectivity index (χ0v) is 42.8. The second kappa shape index (κ2) is 36.4. The van der Waals surface area contributed by atoms with Crippen LogP contribution in [0.5, 0.6) is 5.75 Å². The minimum absolute atomic E-state index is 0. The number of nitrogens with two attached hydrogens (primary N) is 1. The van der Waals surface area contributed by atoms with Crippen LogP contribution < -0.4 is 85.5 Å². The predicted molar refractivity (Wildman–Crippen MR) is 235 cm³/mol. The Morgan fingerprint density at radius 2 is 1.13 bits per heavy atom. The third-order valence-electron chi connectivity index (χ3n) is 7.91. The molecule has 0 fully saturated rings. The zero-order valence-electron chi connectivity index (χ0n) is 39.0. The fourth-order valence-corrected chi connectivity index (χ4v) is 5.04. The van der Waals surface area contributed by atoms with Crippen molar-refractivity contribution in [1.29, 1.82) is 0 Å². The van der Waals surface area contributed by atoms with Crippen LogP contribution in [0.2, 0.25) is 0 Å². The van der Waals surface area contributed by atoms with Gasteiger partial charge < -0.3 is 42.1 Å². The summed E-state index contributed by atoms with van der Waals surface area (Å²) in [5, 5.41) is 14.7. The fourth-order valence-electron chi connectivity index (χ4n) is 5.04. The molecule has 0 heterocycles. The number of aliphatic imine (C=N–C) groups is 1. The first-order valence-corrected chi connectivity index (χ1v) is 19.7. The minimum atomic E-state index is -0.583. The molecule has 3 rings (SSSR count). The van der Waals surface area contributed by atoms with Gasteiger partial charge in [-0.3, -0.25) is 24.2 Å². The van der Waals surface area contributed by atoms with Crippen LogP contribution in [0.25, 0.3) is 0 Å². The number of hydrogen-bond acceptors (Lipinski definition) is 14. The molecule has 0 unspecified atom stereocenters. The number of halogens is 1. The molecule has 334 valence electrons. The summed E-state index contributed by atoms with van der Waals surface area (Å²) in [4.78, 5) is 64.1. The largest absolute Gasteiger partial charge is 1.00 e.